The molecule has 1 amide bonds. The van der Waals surface area contributed by atoms with Gasteiger partial charge >= 0.3 is 5.97 Å². The van der Waals surface area contributed by atoms with Crippen LogP contribution in [0.2, 0.25) is 0 Å². The summed E-state index contributed by atoms with van der Waals surface area (Å²) in [6.45, 7) is 0.432. The molecule has 4 unspecified atom stereocenters. The smallest absolute Gasteiger partial charge is 0.311 e. The van der Waals surface area contributed by atoms with Crippen LogP contribution in [-0.4, -0.2) is 42.3 Å². The van der Waals surface area contributed by atoms with Crippen LogP contribution in [0.5, 0.6) is 0 Å². The standard InChI is InChI=1S/C13H22N2O4/c14-10-5-3-1-2-4-8(10)12(16)15-11-7-19-6-9(11)13(17)18/h8-11H,1-7,14H2,(H,15,16)(H,17,18). The van der Waals surface area contributed by atoms with E-state index in [9.17, 15) is 9.59 Å². The number of carbonyl (C=O) groups is 2. The Morgan fingerprint density at radius 2 is 1.84 bits per heavy atom. The highest BCUT2D eigenvalue weighted by atomic mass is 16.5. The van der Waals surface area contributed by atoms with Gasteiger partial charge in [0.15, 0.2) is 0 Å². The Labute approximate surface area is 112 Å². The fourth-order valence-corrected chi connectivity index (χ4v) is 2.89. The van der Waals surface area contributed by atoms with Crippen molar-refractivity contribution in [3.05, 3.63) is 0 Å². The number of hydrogen-bond donors (Lipinski definition) is 3. The van der Waals surface area contributed by atoms with Crippen molar-refractivity contribution >= 4 is 11.9 Å². The van der Waals surface area contributed by atoms with E-state index < -0.39 is 17.9 Å². The van der Waals surface area contributed by atoms with Crippen molar-refractivity contribution in [2.75, 3.05) is 13.2 Å². The Morgan fingerprint density at radius 3 is 2.58 bits per heavy atom. The van der Waals surface area contributed by atoms with Gasteiger partial charge in [-0.25, -0.2) is 0 Å². The van der Waals surface area contributed by atoms with E-state index in [2.05, 4.69) is 5.32 Å². The van der Waals surface area contributed by atoms with E-state index in [1.165, 1.54) is 0 Å². The Bertz CT molecular complexity index is 348. The molecule has 2 aliphatic rings. The van der Waals surface area contributed by atoms with Gasteiger partial charge in [0.2, 0.25) is 5.91 Å². The molecule has 0 aromatic rings. The second-order valence-electron chi connectivity index (χ2n) is 5.51. The fourth-order valence-electron chi connectivity index (χ4n) is 2.89. The molecule has 0 aromatic heterocycles. The summed E-state index contributed by atoms with van der Waals surface area (Å²) >= 11 is 0. The molecule has 0 spiro atoms. The number of nitrogens with one attached hydrogen (secondary N) is 1. The summed E-state index contributed by atoms with van der Waals surface area (Å²) in [4.78, 5) is 23.3. The zero-order valence-corrected chi connectivity index (χ0v) is 11.0. The van der Waals surface area contributed by atoms with Crippen LogP contribution < -0.4 is 11.1 Å². The van der Waals surface area contributed by atoms with Crippen LogP contribution in [0.3, 0.4) is 0 Å². The van der Waals surface area contributed by atoms with E-state index in [0.29, 0.717) is 0 Å². The molecule has 1 heterocycles. The van der Waals surface area contributed by atoms with Crippen LogP contribution in [0.15, 0.2) is 0 Å². The number of nitrogens with two attached hydrogens (primary N) is 1. The van der Waals surface area contributed by atoms with Crippen molar-refractivity contribution in [2.24, 2.45) is 17.6 Å². The number of ether oxygens (including phenoxy) is 1. The summed E-state index contributed by atoms with van der Waals surface area (Å²) in [5, 5.41) is 11.9. The minimum absolute atomic E-state index is 0.115. The fraction of sp³-hybridized carbons (Fsp3) is 0.846. The molecule has 1 aliphatic heterocycles. The summed E-state index contributed by atoms with van der Waals surface area (Å²) < 4.78 is 5.14. The first-order valence-electron chi connectivity index (χ1n) is 6.96. The van der Waals surface area contributed by atoms with E-state index in [1.807, 2.05) is 0 Å². The maximum atomic E-state index is 12.2. The molecule has 0 aromatic carbocycles. The molecule has 108 valence electrons. The number of carboxylic acid groups (broad SMARTS) is 1. The van der Waals surface area contributed by atoms with Crippen LogP contribution >= 0.6 is 0 Å². The third-order valence-electron chi connectivity index (χ3n) is 4.13. The van der Waals surface area contributed by atoms with Crippen molar-refractivity contribution in [3.63, 3.8) is 0 Å². The molecular weight excluding hydrogens is 248 g/mol. The van der Waals surface area contributed by atoms with Gasteiger partial charge in [0.25, 0.3) is 0 Å². The molecule has 1 aliphatic carbocycles. The molecule has 1 saturated heterocycles. The third-order valence-corrected chi connectivity index (χ3v) is 4.13. The summed E-state index contributed by atoms with van der Waals surface area (Å²) in [6.07, 6.45) is 4.84. The highest BCUT2D eigenvalue weighted by molar-refractivity contribution is 5.81. The summed E-state index contributed by atoms with van der Waals surface area (Å²) in [6, 6.07) is -0.548. The lowest BCUT2D eigenvalue weighted by Gasteiger charge is -2.23. The van der Waals surface area contributed by atoms with Gasteiger partial charge in [-0.15, -0.1) is 0 Å². The molecule has 1 saturated carbocycles. The molecule has 0 radical (unpaired) electrons. The Hall–Kier alpha value is -1.14. The highest BCUT2D eigenvalue weighted by Crippen LogP contribution is 2.23. The van der Waals surface area contributed by atoms with E-state index in [0.717, 1.165) is 32.1 Å². The normalized spacial score (nSPS) is 35.6. The molecule has 4 atom stereocenters. The number of amides is 1. The summed E-state index contributed by atoms with van der Waals surface area (Å²) in [7, 11) is 0. The average Bonchev–Trinajstić information content (AvgIpc) is 2.70. The SMILES string of the molecule is NC1CCCCCC1C(=O)NC1COCC1C(=O)O. The molecule has 4 N–H and O–H groups in total. The number of rotatable bonds is 3. The predicted molar refractivity (Wildman–Crippen MR) is 68.4 cm³/mol. The molecular formula is C13H22N2O4. The Morgan fingerprint density at radius 1 is 1.11 bits per heavy atom. The minimum atomic E-state index is -0.923. The van der Waals surface area contributed by atoms with E-state index in [4.69, 9.17) is 15.6 Å². The number of carboxylic acids is 1. The zero-order valence-electron chi connectivity index (χ0n) is 11.0. The first-order valence-corrected chi connectivity index (χ1v) is 6.96. The van der Waals surface area contributed by atoms with Crippen LogP contribution in [0, 0.1) is 11.8 Å². The maximum Gasteiger partial charge on any atom is 0.311 e. The van der Waals surface area contributed by atoms with E-state index >= 15 is 0 Å². The predicted octanol–water partition coefficient (Wildman–Crippen LogP) is 0.110. The second kappa shape index (κ2) is 6.34. The Balaban J connectivity index is 1.94. The monoisotopic (exact) mass is 270 g/mol. The van der Waals surface area contributed by atoms with Crippen molar-refractivity contribution in [1.82, 2.24) is 5.32 Å². The van der Waals surface area contributed by atoms with Crippen molar-refractivity contribution in [1.29, 1.82) is 0 Å². The molecule has 19 heavy (non-hydrogen) atoms. The van der Waals surface area contributed by atoms with Gasteiger partial charge in [-0.2, -0.15) is 0 Å². The molecule has 6 nitrogen and oxygen atoms in total. The zero-order chi connectivity index (χ0) is 13.8. The van der Waals surface area contributed by atoms with Crippen LogP contribution in [0.25, 0.3) is 0 Å². The summed E-state index contributed by atoms with van der Waals surface area (Å²) in [5.41, 5.74) is 6.04. The topological polar surface area (TPSA) is 102 Å². The second-order valence-corrected chi connectivity index (χ2v) is 5.51. The lowest BCUT2D eigenvalue weighted by molar-refractivity contribution is -0.142. The van der Waals surface area contributed by atoms with Crippen LogP contribution in [-0.2, 0) is 14.3 Å². The average molecular weight is 270 g/mol. The lowest BCUT2D eigenvalue weighted by atomic mass is 9.93. The molecule has 2 rings (SSSR count). The quantitative estimate of drug-likeness (QED) is 0.632. The van der Waals surface area contributed by atoms with Gasteiger partial charge in [0, 0.05) is 6.04 Å². The number of hydrogen-bond acceptors (Lipinski definition) is 4. The molecule has 6 heteroatoms. The van der Waals surface area contributed by atoms with Gasteiger partial charge in [0.1, 0.15) is 5.92 Å². The Kier molecular flexibility index (Phi) is 4.76. The first-order chi connectivity index (χ1) is 9.09. The van der Waals surface area contributed by atoms with Crippen LogP contribution in [0.4, 0.5) is 0 Å². The first kappa shape index (κ1) is 14.3. The molecule has 0 bridgehead atoms. The van der Waals surface area contributed by atoms with Crippen molar-refractivity contribution in [2.45, 2.75) is 44.2 Å². The van der Waals surface area contributed by atoms with Gasteiger partial charge < -0.3 is 20.9 Å². The largest absolute Gasteiger partial charge is 0.481 e. The van der Waals surface area contributed by atoms with Gasteiger partial charge in [-0.3, -0.25) is 9.59 Å². The van der Waals surface area contributed by atoms with Crippen molar-refractivity contribution in [3.8, 4) is 0 Å². The van der Waals surface area contributed by atoms with E-state index in [-0.39, 0.29) is 31.1 Å². The van der Waals surface area contributed by atoms with Gasteiger partial charge in [-0.1, -0.05) is 19.3 Å². The number of aliphatic carboxylic acids is 1. The number of carbonyl (C=O) groups excluding carboxylic acids is 1. The maximum absolute atomic E-state index is 12.2. The third kappa shape index (κ3) is 3.45. The lowest BCUT2D eigenvalue weighted by Crippen LogP contribution is -2.48. The van der Waals surface area contributed by atoms with Gasteiger partial charge in [0.05, 0.1) is 25.2 Å². The molecule has 2 fully saturated rings. The van der Waals surface area contributed by atoms with Crippen LogP contribution in [0.1, 0.15) is 32.1 Å². The minimum Gasteiger partial charge on any atom is -0.481 e. The highest BCUT2D eigenvalue weighted by Gasteiger charge is 2.37. The summed E-state index contributed by atoms with van der Waals surface area (Å²) in [5.74, 6) is -1.88. The van der Waals surface area contributed by atoms with Crippen molar-refractivity contribution < 1.29 is 19.4 Å². The van der Waals surface area contributed by atoms with E-state index in [1.54, 1.807) is 0 Å². The van der Waals surface area contributed by atoms with Gasteiger partial charge in [-0.05, 0) is 12.8 Å².